The highest BCUT2D eigenvalue weighted by molar-refractivity contribution is 6.09. The van der Waals surface area contributed by atoms with Gasteiger partial charge >= 0.3 is 0 Å². The number of Topliss-reactive ketones (excluding diaryl/α,β-unsaturated/α-hetero) is 2. The maximum absolute atomic E-state index is 13.5. The average Bonchev–Trinajstić information content (AvgIpc) is 2.87. The minimum Gasteiger partial charge on any atom is -0.490 e. The Kier molecular flexibility index (Phi) is 7.82. The van der Waals surface area contributed by atoms with Crippen molar-refractivity contribution >= 4 is 11.6 Å². The highest BCUT2D eigenvalue weighted by atomic mass is 16.5. The Bertz CT molecular complexity index is 1200. The number of benzene rings is 2. The van der Waals surface area contributed by atoms with Gasteiger partial charge in [0.25, 0.3) is 0 Å². The predicted octanol–water partition coefficient (Wildman–Crippen LogP) is 4.89. The first-order valence-electron chi connectivity index (χ1n) is 11.6. The Morgan fingerprint density at radius 3 is 1.67 bits per heavy atom. The lowest BCUT2D eigenvalue weighted by Gasteiger charge is -2.40. The smallest absolute Gasteiger partial charge is 0.202 e. The van der Waals surface area contributed by atoms with Crippen LogP contribution >= 0.6 is 0 Å². The van der Waals surface area contributed by atoms with Crippen molar-refractivity contribution in [3.63, 3.8) is 0 Å². The molecule has 188 valence electrons. The number of ketones is 2. The monoisotopic (exact) mass is 488 g/mol. The third kappa shape index (κ3) is 5.56. The van der Waals surface area contributed by atoms with E-state index >= 15 is 0 Å². The van der Waals surface area contributed by atoms with Crippen LogP contribution in [0.2, 0.25) is 0 Å². The van der Waals surface area contributed by atoms with Gasteiger partial charge in [0.15, 0.2) is 11.2 Å². The summed E-state index contributed by atoms with van der Waals surface area (Å²) in [5, 5.41) is 22.9. The van der Waals surface area contributed by atoms with Crippen LogP contribution < -0.4 is 9.47 Å². The van der Waals surface area contributed by atoms with Gasteiger partial charge in [-0.3, -0.25) is 9.59 Å². The molecule has 2 aromatic rings. The van der Waals surface area contributed by atoms with E-state index in [9.17, 15) is 19.8 Å². The zero-order chi connectivity index (χ0) is 26.6. The van der Waals surface area contributed by atoms with Crippen molar-refractivity contribution in [2.45, 2.75) is 32.0 Å². The van der Waals surface area contributed by atoms with Crippen LogP contribution in [0.4, 0.5) is 0 Å². The van der Waals surface area contributed by atoms with Crippen LogP contribution in [0.25, 0.3) is 0 Å². The van der Waals surface area contributed by atoms with E-state index in [1.165, 1.54) is 18.2 Å². The molecule has 0 aromatic heterocycles. The summed E-state index contributed by atoms with van der Waals surface area (Å²) in [6.45, 7) is 13.3. The first-order chi connectivity index (χ1) is 16.9. The van der Waals surface area contributed by atoms with E-state index < -0.39 is 28.2 Å². The molecule has 0 amide bonds. The van der Waals surface area contributed by atoms with E-state index in [0.29, 0.717) is 24.7 Å². The maximum atomic E-state index is 13.5. The van der Waals surface area contributed by atoms with Crippen molar-refractivity contribution in [2.24, 2.45) is 5.41 Å². The van der Waals surface area contributed by atoms with Crippen molar-refractivity contribution in [3.05, 3.63) is 109 Å². The summed E-state index contributed by atoms with van der Waals surface area (Å²) in [7, 11) is 0. The molecule has 0 saturated carbocycles. The number of carbonyl (C=O) groups is 2. The van der Waals surface area contributed by atoms with Crippen molar-refractivity contribution in [3.8, 4) is 11.5 Å². The van der Waals surface area contributed by atoms with Gasteiger partial charge in [-0.1, -0.05) is 46.1 Å². The molecular weight excluding hydrogens is 456 g/mol. The molecule has 6 nitrogen and oxygen atoms in total. The third-order valence-corrected chi connectivity index (χ3v) is 5.84. The quantitative estimate of drug-likeness (QED) is 0.366. The van der Waals surface area contributed by atoms with E-state index in [2.05, 4.69) is 13.2 Å². The molecule has 0 fully saturated rings. The summed E-state index contributed by atoms with van der Waals surface area (Å²) in [6, 6.07) is 12.8. The highest BCUT2D eigenvalue weighted by Crippen LogP contribution is 2.42. The zero-order valence-electron chi connectivity index (χ0n) is 20.9. The Morgan fingerprint density at radius 2 is 1.25 bits per heavy atom. The summed E-state index contributed by atoms with van der Waals surface area (Å²) in [5.41, 5.74) is -4.10. The summed E-state index contributed by atoms with van der Waals surface area (Å²) in [6.07, 6.45) is 6.89. The lowest BCUT2D eigenvalue weighted by Crippen LogP contribution is -2.49. The van der Waals surface area contributed by atoms with E-state index in [0.717, 1.165) is 0 Å². The summed E-state index contributed by atoms with van der Waals surface area (Å²) >= 11 is 0. The van der Waals surface area contributed by atoms with Crippen LogP contribution in [0.15, 0.2) is 97.6 Å². The molecule has 6 heteroatoms. The van der Waals surface area contributed by atoms with Crippen LogP contribution in [-0.2, 0) is 0 Å². The second kappa shape index (κ2) is 10.5. The summed E-state index contributed by atoms with van der Waals surface area (Å²) in [4.78, 5) is 26.8. The zero-order valence-corrected chi connectivity index (χ0v) is 20.9. The molecule has 0 saturated heterocycles. The number of ether oxygens (including phenoxy) is 2. The highest BCUT2D eigenvalue weighted by Gasteiger charge is 2.49. The summed E-state index contributed by atoms with van der Waals surface area (Å²) in [5.74, 6) is -0.0445. The van der Waals surface area contributed by atoms with Crippen LogP contribution in [0.5, 0.6) is 11.5 Å². The molecule has 0 heterocycles. The van der Waals surface area contributed by atoms with Crippen LogP contribution in [0.1, 0.15) is 41.5 Å². The number of carbonyl (C=O) groups excluding carboxylic acids is 2. The minimum atomic E-state index is -2.05. The Morgan fingerprint density at radius 1 is 0.806 bits per heavy atom. The molecule has 0 spiro atoms. The van der Waals surface area contributed by atoms with Crippen molar-refractivity contribution in [2.75, 3.05) is 13.2 Å². The first kappa shape index (κ1) is 26.9. The second-order valence-electron chi connectivity index (χ2n) is 9.64. The van der Waals surface area contributed by atoms with E-state index in [1.807, 2.05) is 0 Å². The van der Waals surface area contributed by atoms with E-state index in [4.69, 9.17) is 9.47 Å². The van der Waals surface area contributed by atoms with Crippen LogP contribution in [0, 0.1) is 5.41 Å². The molecule has 2 unspecified atom stereocenters. The van der Waals surface area contributed by atoms with Gasteiger partial charge in [-0.15, -0.1) is 0 Å². The maximum Gasteiger partial charge on any atom is 0.202 e. The molecule has 1 aliphatic carbocycles. The molecule has 0 aliphatic heterocycles. The van der Waals surface area contributed by atoms with Crippen molar-refractivity contribution < 1.29 is 29.3 Å². The van der Waals surface area contributed by atoms with Crippen molar-refractivity contribution in [1.29, 1.82) is 0 Å². The normalized spacial score (nSPS) is 21.3. The lowest BCUT2D eigenvalue weighted by molar-refractivity contribution is 0.0493. The molecule has 1 aliphatic rings. The standard InChI is InChI=1S/C30H32O6/c1-6-18-35-23-12-8-21(9-13-23)26(31)29(33)16-17-30(34,25(20-29)28(3,4)5)27(32)22-10-14-24(15-11-22)36-19-7-2/h6-17,20,33-34H,1-2,18-19H2,3-5H3. The molecule has 2 N–H and O–H groups in total. The molecule has 2 atom stereocenters. The first-order valence-corrected chi connectivity index (χ1v) is 11.6. The van der Waals surface area contributed by atoms with Gasteiger partial charge in [0.2, 0.25) is 11.6 Å². The lowest BCUT2D eigenvalue weighted by atomic mass is 9.67. The Labute approximate surface area is 211 Å². The molecule has 3 rings (SSSR count). The minimum absolute atomic E-state index is 0.219. The topological polar surface area (TPSA) is 93.1 Å². The Balaban J connectivity index is 1.94. The van der Waals surface area contributed by atoms with Gasteiger partial charge in [0, 0.05) is 11.1 Å². The van der Waals surface area contributed by atoms with Crippen LogP contribution in [0.3, 0.4) is 0 Å². The fourth-order valence-electron chi connectivity index (χ4n) is 4.01. The average molecular weight is 489 g/mol. The number of hydrogen-bond acceptors (Lipinski definition) is 6. The molecule has 2 aromatic carbocycles. The van der Waals surface area contributed by atoms with Gasteiger partial charge < -0.3 is 19.7 Å². The Hall–Kier alpha value is -3.74. The van der Waals surface area contributed by atoms with Crippen molar-refractivity contribution in [1.82, 2.24) is 0 Å². The van der Waals surface area contributed by atoms with E-state index in [1.54, 1.807) is 81.5 Å². The predicted molar refractivity (Wildman–Crippen MR) is 140 cm³/mol. The fourth-order valence-corrected chi connectivity index (χ4v) is 4.01. The molecular formula is C30H32O6. The van der Waals surface area contributed by atoms with Crippen LogP contribution in [-0.4, -0.2) is 46.2 Å². The van der Waals surface area contributed by atoms with Gasteiger partial charge in [-0.2, -0.15) is 0 Å². The molecule has 0 radical (unpaired) electrons. The van der Waals surface area contributed by atoms with Gasteiger partial charge in [0.05, 0.1) is 0 Å². The van der Waals surface area contributed by atoms with Gasteiger partial charge in [-0.25, -0.2) is 0 Å². The van der Waals surface area contributed by atoms with Gasteiger partial charge in [0.1, 0.15) is 24.7 Å². The number of hydrogen-bond donors (Lipinski definition) is 2. The third-order valence-electron chi connectivity index (χ3n) is 5.84. The fraction of sp³-hybridized carbons (Fsp3) is 0.267. The second-order valence-corrected chi connectivity index (χ2v) is 9.64. The largest absolute Gasteiger partial charge is 0.490 e. The molecule has 0 bridgehead atoms. The summed E-state index contributed by atoms with van der Waals surface area (Å²) < 4.78 is 10.9. The number of rotatable bonds is 10. The SMILES string of the molecule is C=CCOc1ccc(C(=O)C2(O)C=CC(O)(C(=O)c3ccc(OCC=C)cc3)C(C(C)(C)C)=C2)cc1. The van der Waals surface area contributed by atoms with E-state index in [-0.39, 0.29) is 16.7 Å². The number of aliphatic hydroxyl groups is 2. The van der Waals surface area contributed by atoms with Gasteiger partial charge in [-0.05, 0) is 77.7 Å². The molecule has 36 heavy (non-hydrogen) atoms.